The molecule has 2 aromatic rings. The van der Waals surface area contributed by atoms with Crippen LogP contribution in [0.4, 0.5) is 5.69 Å². The highest BCUT2D eigenvalue weighted by molar-refractivity contribution is 6.06. The number of anilines is 1. The molecule has 1 amide bonds. The number of aromatic amines is 1. The third-order valence-corrected chi connectivity index (χ3v) is 6.54. The number of pyridine rings is 1. The van der Waals surface area contributed by atoms with E-state index in [9.17, 15) is 9.90 Å². The number of nitrogens with two attached hydrogens (primary N) is 1. The summed E-state index contributed by atoms with van der Waals surface area (Å²) in [6, 6.07) is 2.12. The molecule has 0 aromatic carbocycles. The normalized spacial score (nSPS) is 37.0. The molecule has 2 heterocycles. The van der Waals surface area contributed by atoms with Crippen LogP contribution >= 0.6 is 0 Å². The lowest BCUT2D eigenvalue weighted by atomic mass is 9.53. The number of hydrogen-bond donors (Lipinski definition) is 4. The fourth-order valence-corrected chi connectivity index (χ4v) is 5.62. The van der Waals surface area contributed by atoms with Gasteiger partial charge in [-0.15, -0.1) is 0 Å². The Bertz CT molecular complexity index is 816. The summed E-state index contributed by atoms with van der Waals surface area (Å²) in [4.78, 5) is 19.2. The molecular formula is C18H22N4O2. The zero-order valence-electron chi connectivity index (χ0n) is 13.4. The van der Waals surface area contributed by atoms with Gasteiger partial charge in [-0.05, 0) is 49.5 Å². The molecule has 6 atom stereocenters. The summed E-state index contributed by atoms with van der Waals surface area (Å²) in [5.74, 6) is 1.59. The van der Waals surface area contributed by atoms with Crippen molar-refractivity contribution in [3.05, 3.63) is 24.0 Å². The zero-order valence-corrected chi connectivity index (χ0v) is 13.4. The van der Waals surface area contributed by atoms with Gasteiger partial charge < -0.3 is 21.1 Å². The van der Waals surface area contributed by atoms with Crippen molar-refractivity contribution in [2.45, 2.75) is 37.8 Å². The van der Waals surface area contributed by atoms with Crippen LogP contribution in [0.2, 0.25) is 0 Å². The number of carbonyl (C=O) groups is 1. The molecule has 4 fully saturated rings. The van der Waals surface area contributed by atoms with Crippen molar-refractivity contribution < 1.29 is 9.90 Å². The fraction of sp³-hybridized carbons (Fsp3) is 0.556. The minimum absolute atomic E-state index is 0.200. The molecule has 6 rings (SSSR count). The number of aliphatic hydroxyl groups excluding tert-OH is 1. The average Bonchev–Trinajstić information content (AvgIpc) is 3.03. The van der Waals surface area contributed by atoms with E-state index in [1.54, 1.807) is 0 Å². The molecule has 4 saturated carbocycles. The number of nitrogens with zero attached hydrogens (tertiary/aromatic N) is 1. The van der Waals surface area contributed by atoms with Gasteiger partial charge in [0.2, 0.25) is 0 Å². The van der Waals surface area contributed by atoms with Gasteiger partial charge in [-0.1, -0.05) is 0 Å². The highest BCUT2D eigenvalue weighted by atomic mass is 16.3. The maximum absolute atomic E-state index is 11.9. The standard InChI is InChI=1S/C18H22N4O2/c19-17(24)13-7-21-18-11(1-2-20-18)15(13)22-14-9-3-8-4-10(6-9)16(23)12(14)5-8/h1-2,7-10,12,14,16,23H,3-6H2,(H2,19,24)(H2,20,21,22)/t8?,9-,10+,12-,14+,16-/m1/s1. The van der Waals surface area contributed by atoms with E-state index in [-0.39, 0.29) is 18.1 Å². The topological polar surface area (TPSA) is 104 Å². The van der Waals surface area contributed by atoms with Crippen LogP contribution in [-0.4, -0.2) is 33.1 Å². The highest BCUT2D eigenvalue weighted by Gasteiger charge is 2.53. The van der Waals surface area contributed by atoms with E-state index in [0.717, 1.165) is 35.5 Å². The maximum atomic E-state index is 11.9. The number of H-pyrrole nitrogens is 1. The first-order chi connectivity index (χ1) is 11.6. The van der Waals surface area contributed by atoms with Crippen molar-refractivity contribution in [3.8, 4) is 0 Å². The number of rotatable bonds is 3. The lowest BCUT2D eigenvalue weighted by molar-refractivity contribution is -0.0993. The van der Waals surface area contributed by atoms with Gasteiger partial charge in [0.05, 0.1) is 17.4 Å². The van der Waals surface area contributed by atoms with Crippen molar-refractivity contribution in [2.75, 3.05) is 5.32 Å². The van der Waals surface area contributed by atoms with Gasteiger partial charge in [0.1, 0.15) is 5.65 Å². The molecular weight excluding hydrogens is 304 g/mol. The molecule has 4 aliphatic rings. The van der Waals surface area contributed by atoms with Crippen LogP contribution in [-0.2, 0) is 0 Å². The second-order valence-electron chi connectivity index (χ2n) is 7.80. The van der Waals surface area contributed by atoms with Crippen LogP contribution < -0.4 is 11.1 Å². The minimum atomic E-state index is -0.475. The summed E-state index contributed by atoms with van der Waals surface area (Å²) in [6.07, 6.45) is 7.71. The number of aliphatic hydroxyl groups is 1. The molecule has 6 heteroatoms. The molecule has 126 valence electrons. The zero-order chi connectivity index (χ0) is 16.4. The summed E-state index contributed by atoms with van der Waals surface area (Å²) in [5.41, 5.74) is 7.50. The van der Waals surface area contributed by atoms with E-state index in [4.69, 9.17) is 5.73 Å². The van der Waals surface area contributed by atoms with Gasteiger partial charge in [0.25, 0.3) is 5.91 Å². The minimum Gasteiger partial charge on any atom is -0.392 e. The fourth-order valence-electron chi connectivity index (χ4n) is 5.62. The Kier molecular flexibility index (Phi) is 2.95. The summed E-state index contributed by atoms with van der Waals surface area (Å²) in [6.45, 7) is 0. The van der Waals surface area contributed by atoms with Crippen LogP contribution in [0.25, 0.3) is 11.0 Å². The highest BCUT2D eigenvalue weighted by Crippen LogP contribution is 2.54. The molecule has 0 aliphatic heterocycles. The maximum Gasteiger partial charge on any atom is 0.252 e. The number of carbonyl (C=O) groups excluding carboxylic acids is 1. The third-order valence-electron chi connectivity index (χ3n) is 6.54. The molecule has 5 N–H and O–H groups in total. The Labute approximate surface area is 139 Å². The van der Waals surface area contributed by atoms with Crippen LogP contribution in [0.5, 0.6) is 0 Å². The first-order valence-electron chi connectivity index (χ1n) is 8.82. The van der Waals surface area contributed by atoms with Gasteiger partial charge in [0, 0.05) is 29.7 Å². The summed E-state index contributed by atoms with van der Waals surface area (Å²) in [5, 5.41) is 15.2. The van der Waals surface area contributed by atoms with Crippen molar-refractivity contribution in [2.24, 2.45) is 29.4 Å². The first kappa shape index (κ1) is 14.3. The predicted molar refractivity (Wildman–Crippen MR) is 90.5 cm³/mol. The van der Waals surface area contributed by atoms with Crippen LogP contribution in [0.1, 0.15) is 36.0 Å². The lowest BCUT2D eigenvalue weighted by Crippen LogP contribution is -2.58. The second-order valence-corrected chi connectivity index (χ2v) is 7.80. The van der Waals surface area contributed by atoms with E-state index in [2.05, 4.69) is 15.3 Å². The number of primary amides is 1. The number of amides is 1. The second kappa shape index (κ2) is 4.96. The van der Waals surface area contributed by atoms with Crippen molar-refractivity contribution in [1.29, 1.82) is 0 Å². The van der Waals surface area contributed by atoms with E-state index in [1.807, 2.05) is 12.3 Å². The molecule has 2 aromatic heterocycles. The Hall–Kier alpha value is -2.08. The van der Waals surface area contributed by atoms with Crippen LogP contribution in [0.15, 0.2) is 18.5 Å². The number of hydrogen-bond acceptors (Lipinski definition) is 4. The van der Waals surface area contributed by atoms with Gasteiger partial charge in [-0.25, -0.2) is 4.98 Å². The van der Waals surface area contributed by atoms with Crippen LogP contribution in [0.3, 0.4) is 0 Å². The summed E-state index contributed by atoms with van der Waals surface area (Å²) < 4.78 is 0. The van der Waals surface area contributed by atoms with Gasteiger partial charge in [-0.2, -0.15) is 0 Å². The van der Waals surface area contributed by atoms with E-state index in [0.29, 0.717) is 17.4 Å². The average molecular weight is 326 g/mol. The molecule has 1 unspecified atom stereocenters. The van der Waals surface area contributed by atoms with Crippen molar-refractivity contribution in [3.63, 3.8) is 0 Å². The molecule has 0 spiro atoms. The number of nitrogens with one attached hydrogen (secondary N) is 2. The van der Waals surface area contributed by atoms with Gasteiger partial charge >= 0.3 is 0 Å². The monoisotopic (exact) mass is 326 g/mol. The Balaban J connectivity index is 1.56. The quantitative estimate of drug-likeness (QED) is 0.691. The number of aromatic nitrogens is 2. The molecule has 4 aliphatic carbocycles. The molecule has 0 radical (unpaired) electrons. The number of fused-ring (bicyclic) bond motifs is 1. The van der Waals surface area contributed by atoms with E-state index >= 15 is 0 Å². The molecule has 6 nitrogen and oxygen atoms in total. The summed E-state index contributed by atoms with van der Waals surface area (Å²) >= 11 is 0. The van der Waals surface area contributed by atoms with Gasteiger partial charge in [-0.3, -0.25) is 4.79 Å². The summed E-state index contributed by atoms with van der Waals surface area (Å²) in [7, 11) is 0. The Morgan fingerprint density at radius 3 is 2.96 bits per heavy atom. The smallest absolute Gasteiger partial charge is 0.252 e. The van der Waals surface area contributed by atoms with E-state index in [1.165, 1.54) is 19.0 Å². The van der Waals surface area contributed by atoms with Crippen molar-refractivity contribution in [1.82, 2.24) is 9.97 Å². The van der Waals surface area contributed by atoms with Gasteiger partial charge in [0.15, 0.2) is 0 Å². The van der Waals surface area contributed by atoms with E-state index < -0.39 is 5.91 Å². The molecule has 4 bridgehead atoms. The van der Waals surface area contributed by atoms with Crippen molar-refractivity contribution >= 4 is 22.6 Å². The van der Waals surface area contributed by atoms with Crippen LogP contribution in [0, 0.1) is 23.7 Å². The largest absolute Gasteiger partial charge is 0.392 e. The SMILES string of the molecule is NC(=O)c1cnc2[nH]ccc2c1N[C@H]1[C@@H]2CC3C[C@@H](C2)[C@@H](O)[C@@H]1C3. The first-order valence-corrected chi connectivity index (χ1v) is 8.82. The lowest BCUT2D eigenvalue weighted by Gasteiger charge is -2.57. The predicted octanol–water partition coefficient (Wildman–Crippen LogP) is 1.87. The molecule has 0 saturated heterocycles. The Morgan fingerprint density at radius 2 is 2.12 bits per heavy atom. The Morgan fingerprint density at radius 1 is 1.29 bits per heavy atom. The molecule has 24 heavy (non-hydrogen) atoms. The third kappa shape index (κ3) is 1.92.